The number of carbonyl (C=O) groups is 1. The van der Waals surface area contributed by atoms with Crippen LogP contribution in [0.5, 0.6) is 0 Å². The van der Waals surface area contributed by atoms with Crippen molar-refractivity contribution < 1.29 is 13.9 Å². The van der Waals surface area contributed by atoms with E-state index in [1.54, 1.807) is 18.3 Å². The fourth-order valence-corrected chi connectivity index (χ4v) is 4.36. The largest absolute Gasteiger partial charge is 0.426 e. The highest BCUT2D eigenvalue weighted by atomic mass is 32.1. The molecule has 23 heavy (non-hydrogen) atoms. The standard InChI is InChI=1S/C16H19N3O3S/c1-9-3-4-14(23-9)16(20)19-6-12-11(8-21-13(12)7-19)5-15-18-17-10(2)22-15/h3-4,11-13H,5-8H2,1-2H3/t11-,12+,13+/m0/s1. The minimum Gasteiger partial charge on any atom is -0.426 e. The number of hydrogen-bond donors (Lipinski definition) is 0. The van der Waals surface area contributed by atoms with E-state index in [-0.39, 0.29) is 12.0 Å². The van der Waals surface area contributed by atoms with Crippen LogP contribution in [0.3, 0.4) is 0 Å². The Bertz CT molecular complexity index is 726. The predicted octanol–water partition coefficient (Wildman–Crippen LogP) is 2.08. The van der Waals surface area contributed by atoms with Gasteiger partial charge in [0.1, 0.15) is 0 Å². The second kappa shape index (κ2) is 5.72. The number of amides is 1. The molecule has 0 aromatic carbocycles. The smallest absolute Gasteiger partial charge is 0.264 e. The van der Waals surface area contributed by atoms with Gasteiger partial charge in [0.2, 0.25) is 11.8 Å². The lowest BCUT2D eigenvalue weighted by atomic mass is 9.90. The van der Waals surface area contributed by atoms with Gasteiger partial charge in [-0.1, -0.05) is 0 Å². The third-order valence-corrected chi connectivity index (χ3v) is 5.67. The Kier molecular flexibility index (Phi) is 3.69. The quantitative estimate of drug-likeness (QED) is 0.860. The second-order valence-electron chi connectivity index (χ2n) is 6.34. The van der Waals surface area contributed by atoms with E-state index < -0.39 is 0 Å². The van der Waals surface area contributed by atoms with Crippen LogP contribution in [-0.2, 0) is 11.2 Å². The highest BCUT2D eigenvalue weighted by Gasteiger charge is 2.45. The third kappa shape index (κ3) is 2.79. The summed E-state index contributed by atoms with van der Waals surface area (Å²) in [6.45, 7) is 5.95. The van der Waals surface area contributed by atoms with Crippen molar-refractivity contribution in [2.75, 3.05) is 19.7 Å². The summed E-state index contributed by atoms with van der Waals surface area (Å²) in [5.41, 5.74) is 0. The summed E-state index contributed by atoms with van der Waals surface area (Å²) < 4.78 is 11.4. The van der Waals surface area contributed by atoms with Crippen LogP contribution in [0.4, 0.5) is 0 Å². The van der Waals surface area contributed by atoms with Crippen molar-refractivity contribution in [2.45, 2.75) is 26.4 Å². The number of thiophene rings is 1. The van der Waals surface area contributed by atoms with Crippen LogP contribution < -0.4 is 0 Å². The molecule has 0 bridgehead atoms. The molecular weight excluding hydrogens is 314 g/mol. The Morgan fingerprint density at radius 2 is 2.22 bits per heavy atom. The Hall–Kier alpha value is -1.73. The molecule has 1 amide bonds. The lowest BCUT2D eigenvalue weighted by Crippen LogP contribution is -2.31. The van der Waals surface area contributed by atoms with Crippen molar-refractivity contribution in [2.24, 2.45) is 11.8 Å². The van der Waals surface area contributed by atoms with E-state index in [0.29, 0.717) is 36.8 Å². The molecule has 2 saturated heterocycles. The Morgan fingerprint density at radius 3 is 2.91 bits per heavy atom. The molecule has 2 aromatic rings. The molecule has 7 heteroatoms. The molecule has 2 aromatic heterocycles. The van der Waals surface area contributed by atoms with Crippen molar-refractivity contribution in [1.29, 1.82) is 0 Å². The minimum atomic E-state index is 0.119. The molecule has 0 unspecified atom stereocenters. The van der Waals surface area contributed by atoms with Crippen molar-refractivity contribution in [3.05, 3.63) is 33.7 Å². The van der Waals surface area contributed by atoms with E-state index in [9.17, 15) is 4.79 Å². The lowest BCUT2D eigenvalue weighted by molar-refractivity contribution is 0.0680. The number of likely N-dealkylation sites (tertiary alicyclic amines) is 1. The van der Waals surface area contributed by atoms with E-state index in [4.69, 9.17) is 9.15 Å². The summed E-state index contributed by atoms with van der Waals surface area (Å²) in [6.07, 6.45) is 0.858. The topological polar surface area (TPSA) is 68.5 Å². The molecule has 0 aliphatic carbocycles. The molecular formula is C16H19N3O3S. The van der Waals surface area contributed by atoms with E-state index >= 15 is 0 Å². The maximum atomic E-state index is 12.6. The molecule has 2 aliphatic rings. The first kappa shape index (κ1) is 14.8. The highest BCUT2D eigenvalue weighted by molar-refractivity contribution is 7.13. The van der Waals surface area contributed by atoms with Crippen molar-refractivity contribution in [3.63, 3.8) is 0 Å². The van der Waals surface area contributed by atoms with Crippen LogP contribution in [0.2, 0.25) is 0 Å². The van der Waals surface area contributed by atoms with Gasteiger partial charge in [0, 0.05) is 37.2 Å². The molecule has 0 spiro atoms. The van der Waals surface area contributed by atoms with Gasteiger partial charge in [0.05, 0.1) is 17.6 Å². The predicted molar refractivity (Wildman–Crippen MR) is 84.4 cm³/mol. The second-order valence-corrected chi connectivity index (χ2v) is 7.62. The molecule has 6 nitrogen and oxygen atoms in total. The first-order valence-electron chi connectivity index (χ1n) is 7.86. The van der Waals surface area contributed by atoms with Gasteiger partial charge < -0.3 is 14.1 Å². The Labute approximate surface area is 138 Å². The molecule has 2 fully saturated rings. The number of fused-ring (bicyclic) bond motifs is 1. The van der Waals surface area contributed by atoms with Crippen LogP contribution in [-0.4, -0.2) is 46.8 Å². The molecule has 0 radical (unpaired) electrons. The maximum Gasteiger partial charge on any atom is 0.264 e. The minimum absolute atomic E-state index is 0.119. The Morgan fingerprint density at radius 1 is 1.35 bits per heavy atom. The molecule has 2 aliphatic heterocycles. The summed E-state index contributed by atoms with van der Waals surface area (Å²) in [5.74, 6) is 2.06. The van der Waals surface area contributed by atoms with Crippen LogP contribution in [0.1, 0.15) is 26.3 Å². The first-order chi connectivity index (χ1) is 11.1. The number of carbonyl (C=O) groups excluding carboxylic acids is 1. The summed E-state index contributed by atoms with van der Waals surface area (Å²) >= 11 is 1.55. The molecule has 4 rings (SSSR count). The number of hydrogen-bond acceptors (Lipinski definition) is 6. The normalized spacial score (nSPS) is 26.7. The summed E-state index contributed by atoms with van der Waals surface area (Å²) in [7, 11) is 0. The fourth-order valence-electron chi connectivity index (χ4n) is 3.52. The van der Waals surface area contributed by atoms with E-state index in [0.717, 1.165) is 22.7 Å². The average Bonchev–Trinajstić information content (AvgIpc) is 3.25. The SMILES string of the molecule is Cc1nnc(C[C@H]2CO[C@@H]3CN(C(=O)c4ccc(C)s4)C[C@H]23)o1. The van der Waals surface area contributed by atoms with Gasteiger partial charge in [-0.25, -0.2) is 0 Å². The monoisotopic (exact) mass is 333 g/mol. The van der Waals surface area contributed by atoms with Gasteiger partial charge in [-0.05, 0) is 25.0 Å². The van der Waals surface area contributed by atoms with E-state index in [2.05, 4.69) is 10.2 Å². The zero-order chi connectivity index (χ0) is 16.0. The zero-order valence-corrected chi connectivity index (χ0v) is 14.0. The molecule has 122 valence electrons. The van der Waals surface area contributed by atoms with Gasteiger partial charge in [0.15, 0.2) is 0 Å². The number of aryl methyl sites for hydroxylation is 2. The molecule has 3 atom stereocenters. The van der Waals surface area contributed by atoms with Gasteiger partial charge in [-0.15, -0.1) is 21.5 Å². The van der Waals surface area contributed by atoms with Crippen molar-refractivity contribution in [1.82, 2.24) is 15.1 Å². The third-order valence-electron chi connectivity index (χ3n) is 4.68. The van der Waals surface area contributed by atoms with Gasteiger partial charge in [-0.2, -0.15) is 0 Å². The number of ether oxygens (including phenoxy) is 1. The van der Waals surface area contributed by atoms with Gasteiger partial charge in [-0.3, -0.25) is 4.79 Å². The van der Waals surface area contributed by atoms with Crippen molar-refractivity contribution >= 4 is 17.2 Å². The zero-order valence-electron chi connectivity index (χ0n) is 13.2. The van der Waals surface area contributed by atoms with Crippen LogP contribution in [0.15, 0.2) is 16.5 Å². The van der Waals surface area contributed by atoms with E-state index in [1.165, 1.54) is 0 Å². The summed E-state index contributed by atoms with van der Waals surface area (Å²) in [4.78, 5) is 16.5. The highest BCUT2D eigenvalue weighted by Crippen LogP contribution is 2.36. The van der Waals surface area contributed by atoms with Crippen LogP contribution >= 0.6 is 11.3 Å². The number of rotatable bonds is 3. The average molecular weight is 333 g/mol. The number of nitrogens with zero attached hydrogens (tertiary/aromatic N) is 3. The molecule has 4 heterocycles. The maximum absolute atomic E-state index is 12.6. The van der Waals surface area contributed by atoms with Crippen molar-refractivity contribution in [3.8, 4) is 0 Å². The Balaban J connectivity index is 1.43. The number of aromatic nitrogens is 2. The van der Waals surface area contributed by atoms with Crippen LogP contribution in [0.25, 0.3) is 0 Å². The van der Waals surface area contributed by atoms with Gasteiger partial charge >= 0.3 is 0 Å². The van der Waals surface area contributed by atoms with Gasteiger partial charge in [0.25, 0.3) is 5.91 Å². The lowest BCUT2D eigenvalue weighted by Gasteiger charge is -2.18. The summed E-state index contributed by atoms with van der Waals surface area (Å²) in [5, 5.41) is 7.96. The fraction of sp³-hybridized carbons (Fsp3) is 0.562. The van der Waals surface area contributed by atoms with E-state index in [1.807, 2.05) is 24.0 Å². The molecule has 0 saturated carbocycles. The molecule has 0 N–H and O–H groups in total. The summed E-state index contributed by atoms with van der Waals surface area (Å²) in [6, 6.07) is 3.90. The first-order valence-corrected chi connectivity index (χ1v) is 8.68. The van der Waals surface area contributed by atoms with Crippen LogP contribution in [0, 0.1) is 25.7 Å².